The molecule has 4 amide bonds. The van der Waals surface area contributed by atoms with Crippen LogP contribution in [0, 0.1) is 36.0 Å². The Labute approximate surface area is 501 Å². The van der Waals surface area contributed by atoms with Crippen LogP contribution in [-0.4, -0.2) is 124 Å². The standard InChI is InChI=1S/C64H69N9O8S3/c1-38-56(82-37-66-38)44-21-17-40(18-22-44)32-65-59(77)51-31-46(74)35-73(51)60(78)57(64(2,3)4)68-54(75)30-42-28-45(29-42)72-33-41(34-72)16-15-39-19-23-47(24-20-39)81-27-9-14-53-55(61(79)80-5)69-63(84-53)71-26-25-43-10-8-11-48(49(43)36-71)58(76)70-62-67-50-12-6-7-13-52(50)83-62/h6-8,10-13,17-24,37,41-42,45-46,51,57,74H,9,14,25-36H2,1-5H3,(H,65,77)(H,68,75)(H,67,70,76)/t42?,45?,46-,51+,57-/m1/s1. The number of methoxy groups -OCH3 is 1. The van der Waals surface area contributed by atoms with Crippen molar-refractivity contribution >= 4 is 84.1 Å². The zero-order valence-electron chi connectivity index (χ0n) is 47.8. The molecule has 7 aromatic rings. The lowest BCUT2D eigenvalue weighted by atomic mass is 9.75. The van der Waals surface area contributed by atoms with Gasteiger partial charge in [0.05, 0.1) is 46.1 Å². The Bertz CT molecular complexity index is 3590. The van der Waals surface area contributed by atoms with E-state index in [2.05, 4.69) is 53.6 Å². The monoisotopic (exact) mass is 1190 g/mol. The minimum atomic E-state index is -0.870. The van der Waals surface area contributed by atoms with Crippen molar-refractivity contribution in [3.05, 3.63) is 141 Å². The van der Waals surface area contributed by atoms with E-state index in [-0.39, 0.29) is 55.0 Å². The first-order chi connectivity index (χ1) is 40.5. The molecule has 1 aliphatic carbocycles. The predicted octanol–water partition coefficient (Wildman–Crippen LogP) is 9.06. The van der Waals surface area contributed by atoms with Crippen molar-refractivity contribution in [3.63, 3.8) is 0 Å². The number of ether oxygens (including phenoxy) is 2. The molecule has 2 saturated heterocycles. The lowest BCUT2D eigenvalue weighted by Gasteiger charge is -2.49. The van der Waals surface area contributed by atoms with Crippen LogP contribution in [-0.2, 0) is 45.1 Å². The van der Waals surface area contributed by atoms with Crippen LogP contribution in [0.15, 0.2) is 96.5 Å². The van der Waals surface area contributed by atoms with Gasteiger partial charge in [-0.3, -0.25) is 29.4 Å². The predicted molar refractivity (Wildman–Crippen MR) is 327 cm³/mol. The fraction of sp³-hybridized carbons (Fsp3) is 0.406. The van der Waals surface area contributed by atoms with Gasteiger partial charge in [-0.2, -0.15) is 0 Å². The van der Waals surface area contributed by atoms with Crippen LogP contribution in [0.2, 0.25) is 0 Å². The summed E-state index contributed by atoms with van der Waals surface area (Å²) in [7, 11) is 1.36. The van der Waals surface area contributed by atoms with E-state index in [1.165, 1.54) is 34.7 Å². The van der Waals surface area contributed by atoms with Gasteiger partial charge in [0.15, 0.2) is 16.0 Å². The highest BCUT2D eigenvalue weighted by Gasteiger charge is 2.46. The number of hydrogen-bond acceptors (Lipinski definition) is 16. The molecule has 11 rings (SSSR count). The molecule has 3 atom stereocenters. The van der Waals surface area contributed by atoms with Gasteiger partial charge < -0.3 is 35.0 Å². The molecule has 20 heteroatoms. The smallest absolute Gasteiger partial charge is 0.357 e. The number of benzene rings is 4. The summed E-state index contributed by atoms with van der Waals surface area (Å²) in [6.07, 6.45) is 3.36. The molecule has 0 spiro atoms. The van der Waals surface area contributed by atoms with Gasteiger partial charge in [0, 0.05) is 80.1 Å². The van der Waals surface area contributed by atoms with Crippen LogP contribution in [0.3, 0.4) is 0 Å². The molecule has 0 unspecified atom stereocenters. The lowest BCUT2D eigenvalue weighted by molar-refractivity contribution is -0.144. The summed E-state index contributed by atoms with van der Waals surface area (Å²) in [5.41, 5.74) is 8.82. The Hall–Kier alpha value is -7.54. The maximum atomic E-state index is 14.2. The largest absolute Gasteiger partial charge is 0.494 e. The summed E-state index contributed by atoms with van der Waals surface area (Å²) in [6.45, 7) is 11.3. The average Bonchev–Trinajstić information content (AvgIpc) is 4.20. The van der Waals surface area contributed by atoms with E-state index in [0.29, 0.717) is 66.5 Å². The maximum Gasteiger partial charge on any atom is 0.357 e. The Morgan fingerprint density at radius 2 is 1.69 bits per heavy atom. The van der Waals surface area contributed by atoms with Crippen molar-refractivity contribution < 1.29 is 38.6 Å². The number of amides is 4. The minimum absolute atomic E-state index is 0.0231. The van der Waals surface area contributed by atoms with E-state index in [1.807, 2.05) is 118 Å². The third-order valence-electron chi connectivity index (χ3n) is 16.3. The first-order valence-electron chi connectivity index (χ1n) is 28.7. The first-order valence-corrected chi connectivity index (χ1v) is 31.2. The van der Waals surface area contributed by atoms with Crippen LogP contribution >= 0.6 is 34.0 Å². The molecule has 4 aliphatic rings. The number of β-amino-alcohol motifs (C(OH)–C–C–N with tert-alkyl or cyclic N) is 1. The minimum Gasteiger partial charge on any atom is -0.494 e. The number of carbonyl (C=O) groups excluding carboxylic acids is 5. The van der Waals surface area contributed by atoms with E-state index < -0.39 is 29.6 Å². The summed E-state index contributed by atoms with van der Waals surface area (Å²) < 4.78 is 12.3. The number of rotatable bonds is 18. The number of fused-ring (bicyclic) bond motifs is 2. The number of nitrogens with zero attached hydrogens (tertiary/aromatic N) is 6. The second kappa shape index (κ2) is 25.4. The summed E-state index contributed by atoms with van der Waals surface area (Å²) in [6, 6.07) is 28.0. The number of hydrogen-bond donors (Lipinski definition) is 4. The molecule has 4 N–H and O–H groups in total. The third-order valence-corrected chi connectivity index (χ3v) is 19.4. The highest BCUT2D eigenvalue weighted by molar-refractivity contribution is 7.22. The summed E-state index contributed by atoms with van der Waals surface area (Å²) >= 11 is 4.50. The van der Waals surface area contributed by atoms with E-state index >= 15 is 0 Å². The lowest BCUT2D eigenvalue weighted by Crippen LogP contribution is -2.58. The van der Waals surface area contributed by atoms with Gasteiger partial charge in [-0.05, 0) is 115 Å². The Morgan fingerprint density at radius 1 is 0.905 bits per heavy atom. The van der Waals surface area contributed by atoms with Crippen LogP contribution in [0.4, 0.5) is 10.3 Å². The number of carbonyl (C=O) groups is 5. The fourth-order valence-corrected chi connectivity index (χ4v) is 14.3. The van der Waals surface area contributed by atoms with E-state index in [1.54, 1.807) is 11.3 Å². The van der Waals surface area contributed by atoms with Crippen molar-refractivity contribution in [2.24, 2.45) is 17.3 Å². The Morgan fingerprint density at radius 3 is 2.43 bits per heavy atom. The quantitative estimate of drug-likeness (QED) is 0.0360. The average molecular weight is 1190 g/mol. The number of likely N-dealkylation sites (tertiary alicyclic amines) is 2. The maximum absolute atomic E-state index is 14.2. The molecular weight excluding hydrogens is 1120 g/mol. The second-order valence-corrected chi connectivity index (χ2v) is 26.3. The van der Waals surface area contributed by atoms with Crippen molar-refractivity contribution in [1.82, 2.24) is 35.4 Å². The number of nitrogens with one attached hydrogen (secondary N) is 3. The second-order valence-electron chi connectivity index (χ2n) is 23.4. The zero-order chi connectivity index (χ0) is 58.6. The molecule has 84 heavy (non-hydrogen) atoms. The number of anilines is 2. The van der Waals surface area contributed by atoms with E-state index in [9.17, 15) is 29.1 Å². The number of thiazole rings is 3. The zero-order valence-corrected chi connectivity index (χ0v) is 50.3. The molecule has 3 aromatic heterocycles. The van der Waals surface area contributed by atoms with Crippen molar-refractivity contribution in [3.8, 4) is 28.0 Å². The summed E-state index contributed by atoms with van der Waals surface area (Å²) in [5, 5.41) is 21.0. The van der Waals surface area contributed by atoms with Crippen molar-refractivity contribution in [2.75, 3.05) is 50.1 Å². The number of esters is 1. The number of para-hydroxylation sites is 1. The molecule has 4 aromatic carbocycles. The molecular formula is C64H69N9O8S3. The van der Waals surface area contributed by atoms with Crippen molar-refractivity contribution in [1.29, 1.82) is 0 Å². The van der Waals surface area contributed by atoms with Gasteiger partial charge in [-0.15, -0.1) is 22.7 Å². The third kappa shape index (κ3) is 13.4. The highest BCUT2D eigenvalue weighted by Crippen LogP contribution is 2.39. The SMILES string of the molecule is COC(=O)c1nc(N2CCc3cccc(C(=O)Nc4nc5ccccc5s4)c3C2)sc1CCCOc1ccc(C#CC2CN(C3CC(CC(=O)N[C@H](C(=O)N4C[C@H](O)C[C@H]4C(=O)NCc4ccc(-c5scnc5C)cc4)C(C)(C)C)C3)C2)cc1. The molecule has 6 heterocycles. The Kier molecular flexibility index (Phi) is 17.6. The Balaban J connectivity index is 0.599. The van der Waals surface area contributed by atoms with Gasteiger partial charge in [0.2, 0.25) is 17.7 Å². The molecule has 3 aliphatic heterocycles. The molecule has 0 bridgehead atoms. The van der Waals surface area contributed by atoms with Crippen LogP contribution < -0.4 is 25.6 Å². The van der Waals surface area contributed by atoms with Gasteiger partial charge in [0.25, 0.3) is 5.91 Å². The number of aryl methyl sites for hydroxylation is 2. The van der Waals surface area contributed by atoms with Crippen LogP contribution in [0.1, 0.15) is 107 Å². The highest BCUT2D eigenvalue weighted by atomic mass is 32.1. The van der Waals surface area contributed by atoms with Gasteiger partial charge >= 0.3 is 5.97 Å². The van der Waals surface area contributed by atoms with E-state index in [4.69, 9.17) is 14.5 Å². The number of aliphatic hydroxyl groups excluding tert-OH is 1. The number of aromatic nitrogens is 3. The summed E-state index contributed by atoms with van der Waals surface area (Å²) in [4.78, 5) is 89.6. The topological polar surface area (TPSA) is 209 Å². The van der Waals surface area contributed by atoms with E-state index in [0.717, 1.165) is 91.6 Å². The normalized spacial score (nSPS) is 19.1. The fourth-order valence-electron chi connectivity index (χ4n) is 11.5. The molecule has 0 radical (unpaired) electrons. The van der Waals surface area contributed by atoms with Crippen LogP contribution in [0.25, 0.3) is 20.7 Å². The molecule has 436 valence electrons. The molecule has 1 saturated carbocycles. The molecule has 3 fully saturated rings. The van der Waals surface area contributed by atoms with Gasteiger partial charge in [-0.1, -0.05) is 92.5 Å². The van der Waals surface area contributed by atoms with Crippen LogP contribution in [0.5, 0.6) is 5.75 Å². The van der Waals surface area contributed by atoms with Gasteiger partial charge in [-0.25, -0.2) is 19.7 Å². The van der Waals surface area contributed by atoms with Crippen molar-refractivity contribution in [2.45, 2.75) is 110 Å². The summed E-state index contributed by atoms with van der Waals surface area (Å²) in [5.74, 6) is 6.39. The van der Waals surface area contributed by atoms with Gasteiger partial charge in [0.1, 0.15) is 17.8 Å². The number of aliphatic hydroxyl groups is 1. The first kappa shape index (κ1) is 58.2. The molecule has 17 nitrogen and oxygen atoms in total.